The van der Waals surface area contributed by atoms with Gasteiger partial charge < -0.3 is 9.47 Å². The number of aryl methyl sites for hydroxylation is 1. The van der Waals surface area contributed by atoms with Crippen LogP contribution in [0.2, 0.25) is 0 Å². The van der Waals surface area contributed by atoms with Crippen LogP contribution in [-0.4, -0.2) is 20.1 Å². The summed E-state index contributed by atoms with van der Waals surface area (Å²) in [7, 11) is 3.16. The van der Waals surface area contributed by atoms with Crippen molar-refractivity contribution < 1.29 is 9.47 Å². The summed E-state index contributed by atoms with van der Waals surface area (Å²) in [5, 5.41) is 7.39. The van der Waals surface area contributed by atoms with Crippen molar-refractivity contribution in [2.75, 3.05) is 14.2 Å². The van der Waals surface area contributed by atoms with E-state index in [2.05, 4.69) is 0 Å². The largest absolute Gasteiger partial charge is 0.496 e. The molecule has 0 aliphatic rings. The number of rotatable bonds is 3. The van der Waals surface area contributed by atoms with Crippen LogP contribution in [0.25, 0.3) is 0 Å². The van der Waals surface area contributed by atoms with Gasteiger partial charge >= 0.3 is 0 Å². The fourth-order valence-corrected chi connectivity index (χ4v) is 1.31. The van der Waals surface area contributed by atoms with Crippen LogP contribution in [0.15, 0.2) is 18.2 Å². The van der Waals surface area contributed by atoms with Crippen molar-refractivity contribution in [2.24, 2.45) is 0 Å². The average Bonchev–Trinajstić information content (AvgIpc) is 2.18. The number of methoxy groups -OCH3 is 2. The van der Waals surface area contributed by atoms with Crippen molar-refractivity contribution in [3.8, 4) is 5.75 Å². The molecule has 0 heterocycles. The molecule has 1 rings (SSSR count). The van der Waals surface area contributed by atoms with Crippen LogP contribution in [0, 0.1) is 12.3 Å². The third-order valence-corrected chi connectivity index (χ3v) is 2.07. The van der Waals surface area contributed by atoms with E-state index >= 15 is 0 Å². The molecule has 3 heteroatoms. The van der Waals surface area contributed by atoms with Gasteiger partial charge in [0.2, 0.25) is 0 Å². The Labute approximate surface area is 84.2 Å². The van der Waals surface area contributed by atoms with Gasteiger partial charge in [-0.25, -0.2) is 0 Å². The molecule has 1 N–H and O–H groups in total. The van der Waals surface area contributed by atoms with Gasteiger partial charge in [0.15, 0.2) is 5.90 Å². The molecule has 0 fully saturated rings. The number of hydrogen-bond acceptors (Lipinski definition) is 3. The first-order chi connectivity index (χ1) is 6.67. The van der Waals surface area contributed by atoms with E-state index in [4.69, 9.17) is 14.9 Å². The Hall–Kier alpha value is -1.51. The standard InChI is InChI=1S/C11H15NO2/c1-8-6-9(7-11(12)14-3)4-5-10(8)13-2/h4-6,12H,7H2,1-3H3. The molecule has 0 atom stereocenters. The summed E-state index contributed by atoms with van der Waals surface area (Å²) in [5.41, 5.74) is 2.14. The summed E-state index contributed by atoms with van der Waals surface area (Å²) in [4.78, 5) is 0. The molecule has 0 bridgehead atoms. The highest BCUT2D eigenvalue weighted by Crippen LogP contribution is 2.18. The van der Waals surface area contributed by atoms with E-state index in [0.29, 0.717) is 6.42 Å². The average molecular weight is 193 g/mol. The molecule has 0 unspecified atom stereocenters. The van der Waals surface area contributed by atoms with Gasteiger partial charge in [0.05, 0.1) is 14.2 Å². The van der Waals surface area contributed by atoms with Crippen molar-refractivity contribution >= 4 is 5.90 Å². The third-order valence-electron chi connectivity index (χ3n) is 2.07. The van der Waals surface area contributed by atoms with Gasteiger partial charge in [-0.2, -0.15) is 0 Å². The number of benzene rings is 1. The minimum atomic E-state index is 0.273. The van der Waals surface area contributed by atoms with Gasteiger partial charge in [0, 0.05) is 6.42 Å². The van der Waals surface area contributed by atoms with Gasteiger partial charge in [-0.1, -0.05) is 12.1 Å². The van der Waals surface area contributed by atoms with Crippen LogP contribution in [-0.2, 0) is 11.2 Å². The first-order valence-electron chi connectivity index (χ1n) is 4.42. The van der Waals surface area contributed by atoms with Crippen LogP contribution in [0.4, 0.5) is 0 Å². The van der Waals surface area contributed by atoms with Crippen LogP contribution in [0.3, 0.4) is 0 Å². The lowest BCUT2D eigenvalue weighted by atomic mass is 10.1. The highest BCUT2D eigenvalue weighted by molar-refractivity contribution is 5.75. The maximum Gasteiger partial charge on any atom is 0.184 e. The second-order valence-electron chi connectivity index (χ2n) is 3.11. The second kappa shape index (κ2) is 4.65. The summed E-state index contributed by atoms with van der Waals surface area (Å²) >= 11 is 0. The zero-order valence-electron chi connectivity index (χ0n) is 8.76. The summed E-state index contributed by atoms with van der Waals surface area (Å²) in [6.45, 7) is 1.98. The fourth-order valence-electron chi connectivity index (χ4n) is 1.31. The molecule has 0 aliphatic carbocycles. The summed E-state index contributed by atoms with van der Waals surface area (Å²) < 4.78 is 9.95. The van der Waals surface area contributed by atoms with Crippen LogP contribution >= 0.6 is 0 Å². The minimum absolute atomic E-state index is 0.273. The molecule has 0 spiro atoms. The quantitative estimate of drug-likeness (QED) is 0.590. The smallest absolute Gasteiger partial charge is 0.184 e. The molecule has 0 saturated carbocycles. The lowest BCUT2D eigenvalue weighted by Gasteiger charge is -2.07. The molecule has 76 valence electrons. The molecule has 0 radical (unpaired) electrons. The highest BCUT2D eigenvalue weighted by atomic mass is 16.5. The van der Waals surface area contributed by atoms with Crippen molar-refractivity contribution in [3.05, 3.63) is 29.3 Å². The van der Waals surface area contributed by atoms with E-state index in [1.807, 2.05) is 25.1 Å². The van der Waals surface area contributed by atoms with Crippen molar-refractivity contribution in [1.29, 1.82) is 5.41 Å². The SMILES string of the molecule is COC(=N)Cc1ccc(OC)c(C)c1. The zero-order chi connectivity index (χ0) is 10.6. The monoisotopic (exact) mass is 193 g/mol. The van der Waals surface area contributed by atoms with Crippen LogP contribution in [0.1, 0.15) is 11.1 Å². The molecule has 14 heavy (non-hydrogen) atoms. The molecule has 0 amide bonds. The van der Waals surface area contributed by atoms with E-state index in [1.54, 1.807) is 7.11 Å². The first kappa shape index (κ1) is 10.6. The summed E-state index contributed by atoms with van der Waals surface area (Å²) in [5.74, 6) is 1.15. The first-order valence-corrected chi connectivity index (χ1v) is 4.42. The number of nitrogens with one attached hydrogen (secondary N) is 1. The number of hydrogen-bond donors (Lipinski definition) is 1. The Morgan fingerprint density at radius 3 is 2.57 bits per heavy atom. The van der Waals surface area contributed by atoms with Gasteiger partial charge in [-0.3, -0.25) is 5.41 Å². The topological polar surface area (TPSA) is 42.3 Å². The van der Waals surface area contributed by atoms with Gasteiger partial charge in [0.25, 0.3) is 0 Å². The molecule has 3 nitrogen and oxygen atoms in total. The Balaban J connectivity index is 2.81. The Morgan fingerprint density at radius 2 is 2.07 bits per heavy atom. The van der Waals surface area contributed by atoms with E-state index in [-0.39, 0.29) is 5.90 Å². The molecule has 0 aromatic heterocycles. The summed E-state index contributed by atoms with van der Waals surface area (Å²) in [6, 6.07) is 5.86. The Bertz CT molecular complexity index is 334. The lowest BCUT2D eigenvalue weighted by molar-refractivity contribution is 0.390. The molecule has 0 saturated heterocycles. The van der Waals surface area contributed by atoms with Gasteiger partial charge in [-0.05, 0) is 24.1 Å². The normalized spacial score (nSPS) is 9.64. The van der Waals surface area contributed by atoms with Crippen molar-refractivity contribution in [2.45, 2.75) is 13.3 Å². The molecular formula is C11H15NO2. The van der Waals surface area contributed by atoms with Crippen molar-refractivity contribution in [3.63, 3.8) is 0 Å². The third kappa shape index (κ3) is 2.49. The van der Waals surface area contributed by atoms with E-state index in [1.165, 1.54) is 7.11 Å². The second-order valence-corrected chi connectivity index (χ2v) is 3.11. The molecule has 0 aliphatic heterocycles. The summed E-state index contributed by atoms with van der Waals surface area (Å²) in [6.07, 6.45) is 0.529. The number of ether oxygens (including phenoxy) is 2. The van der Waals surface area contributed by atoms with E-state index in [9.17, 15) is 0 Å². The maximum atomic E-state index is 7.39. The predicted octanol–water partition coefficient (Wildman–Crippen LogP) is 2.17. The minimum Gasteiger partial charge on any atom is -0.496 e. The van der Waals surface area contributed by atoms with Gasteiger partial charge in [-0.15, -0.1) is 0 Å². The van der Waals surface area contributed by atoms with Crippen molar-refractivity contribution in [1.82, 2.24) is 0 Å². The maximum absolute atomic E-state index is 7.39. The lowest BCUT2D eigenvalue weighted by Crippen LogP contribution is -2.03. The van der Waals surface area contributed by atoms with Crippen LogP contribution < -0.4 is 4.74 Å². The Morgan fingerprint density at radius 1 is 1.36 bits per heavy atom. The highest BCUT2D eigenvalue weighted by Gasteiger charge is 2.02. The molecule has 1 aromatic carbocycles. The van der Waals surface area contributed by atoms with Gasteiger partial charge in [0.1, 0.15) is 5.75 Å². The van der Waals surface area contributed by atoms with E-state index < -0.39 is 0 Å². The predicted molar refractivity (Wildman–Crippen MR) is 56.2 cm³/mol. The molecular weight excluding hydrogens is 178 g/mol. The molecule has 1 aromatic rings. The zero-order valence-corrected chi connectivity index (χ0v) is 8.76. The Kier molecular flexibility index (Phi) is 3.51. The van der Waals surface area contributed by atoms with E-state index in [0.717, 1.165) is 16.9 Å². The van der Waals surface area contributed by atoms with Crippen LogP contribution in [0.5, 0.6) is 5.75 Å². The fraction of sp³-hybridized carbons (Fsp3) is 0.364.